The maximum atomic E-state index is 12.6. The van der Waals surface area contributed by atoms with E-state index in [-0.39, 0.29) is 29.7 Å². The van der Waals surface area contributed by atoms with E-state index in [0.717, 1.165) is 11.8 Å². The van der Waals surface area contributed by atoms with Gasteiger partial charge in [0.05, 0.1) is 4.91 Å². The Balaban J connectivity index is 1.36. The smallest absolute Gasteiger partial charge is 0.354 e. The van der Waals surface area contributed by atoms with Crippen LogP contribution in [0.25, 0.3) is 17.4 Å². The molecule has 2 amide bonds. The number of carboxylic acid groups (broad SMARTS) is 2. The van der Waals surface area contributed by atoms with E-state index in [1.165, 1.54) is 23.9 Å². The van der Waals surface area contributed by atoms with Crippen molar-refractivity contribution in [3.63, 3.8) is 0 Å². The number of amides is 2. The van der Waals surface area contributed by atoms with Crippen molar-refractivity contribution in [1.82, 2.24) is 15.6 Å². The summed E-state index contributed by atoms with van der Waals surface area (Å²) in [6, 6.07) is 12.8. The molecule has 0 bridgehead atoms. The van der Waals surface area contributed by atoms with Gasteiger partial charge in [0, 0.05) is 34.4 Å². The molecule has 1 aromatic carbocycles. The fourth-order valence-electron chi connectivity index (χ4n) is 3.19. The molecule has 3 heterocycles. The number of carbonyl (C=O) groups is 4. The first-order valence-electron chi connectivity index (χ1n) is 10.5. The van der Waals surface area contributed by atoms with Crippen molar-refractivity contribution in [1.29, 1.82) is 0 Å². The van der Waals surface area contributed by atoms with Gasteiger partial charge in [-0.25, -0.2) is 14.6 Å². The number of aromatic nitrogens is 1. The number of rotatable bonds is 9. The Morgan fingerprint density at radius 1 is 1.11 bits per heavy atom. The number of nitrogens with one attached hydrogen (secondary N) is 2. The Bertz CT molecular complexity index is 1430. The number of hydrogen-bond donors (Lipinski definition) is 4. The number of aromatic carboxylic acids is 2. The van der Waals surface area contributed by atoms with Gasteiger partial charge in [-0.05, 0) is 36.4 Å². The number of benzene rings is 1. The minimum atomic E-state index is -1.33. The molecule has 4 rings (SSSR count). The minimum Gasteiger partial charge on any atom is -0.477 e. The summed E-state index contributed by atoms with van der Waals surface area (Å²) in [5, 5.41) is 23.6. The monoisotopic (exact) mass is 555 g/mol. The predicted octanol–water partition coefficient (Wildman–Crippen LogP) is 3.75. The lowest BCUT2D eigenvalue weighted by Crippen LogP contribution is -2.25. The average Bonchev–Trinajstić information content (AvgIpc) is 3.47. The van der Waals surface area contributed by atoms with Gasteiger partial charge in [-0.3, -0.25) is 9.59 Å². The topological polar surface area (TPSA) is 159 Å². The van der Waals surface area contributed by atoms with E-state index >= 15 is 0 Å². The van der Waals surface area contributed by atoms with Crippen molar-refractivity contribution in [2.75, 3.05) is 12.3 Å². The number of carboxylic acids is 2. The Labute approximate surface area is 223 Å². The molecule has 0 unspecified atom stereocenters. The lowest BCUT2D eigenvalue weighted by molar-refractivity contribution is -0.115. The molecule has 0 atom stereocenters. The first kappa shape index (κ1) is 26.1. The highest BCUT2D eigenvalue weighted by Gasteiger charge is 2.22. The molecule has 1 saturated heterocycles. The number of thioether (sulfide) groups is 2. The Hall–Kier alpha value is -3.94. The third-order valence-electron chi connectivity index (χ3n) is 4.84. The third-order valence-corrected chi connectivity index (χ3v) is 6.98. The van der Waals surface area contributed by atoms with Crippen molar-refractivity contribution in [2.45, 2.75) is 4.90 Å². The van der Waals surface area contributed by atoms with Crippen LogP contribution in [0.4, 0.5) is 0 Å². The van der Waals surface area contributed by atoms with Crippen molar-refractivity contribution < 1.29 is 33.8 Å². The van der Waals surface area contributed by atoms with Crippen molar-refractivity contribution in [3.8, 4) is 11.3 Å². The standard InChI is InChI=1S/C24H17N3O7S3/c28-20(25-6-7-36-15-10-16(22(30)31)26-17(11-15)23(32)33)13-3-1-2-12(8-13)18-5-4-14(34-18)9-19-21(29)27-24(35)37-19/h1-5,8-11H,6-7H2,(H,25,28)(H,30,31)(H,32,33)(H,27,29,35). The summed E-state index contributed by atoms with van der Waals surface area (Å²) >= 11 is 7.33. The second-order valence-electron chi connectivity index (χ2n) is 7.42. The number of nitrogens with zero attached hydrogens (tertiary/aromatic N) is 1. The van der Waals surface area contributed by atoms with E-state index < -0.39 is 11.9 Å². The number of thiocarbonyl (C=S) groups is 1. The normalized spacial score (nSPS) is 14.0. The van der Waals surface area contributed by atoms with Crippen LogP contribution in [-0.2, 0) is 4.79 Å². The van der Waals surface area contributed by atoms with E-state index in [4.69, 9.17) is 26.8 Å². The molecule has 2 aromatic heterocycles. The molecular weight excluding hydrogens is 538 g/mol. The first-order valence-corrected chi connectivity index (χ1v) is 12.8. The quantitative estimate of drug-likeness (QED) is 0.132. The molecule has 10 nitrogen and oxygen atoms in total. The second kappa shape index (κ2) is 11.4. The van der Waals surface area contributed by atoms with Gasteiger partial charge in [0.15, 0.2) is 0 Å². The van der Waals surface area contributed by atoms with Crippen LogP contribution in [-0.4, -0.2) is 55.6 Å². The van der Waals surface area contributed by atoms with Gasteiger partial charge in [0.1, 0.15) is 27.2 Å². The largest absolute Gasteiger partial charge is 0.477 e. The van der Waals surface area contributed by atoms with Gasteiger partial charge in [0.25, 0.3) is 11.8 Å². The Morgan fingerprint density at radius 2 is 1.84 bits per heavy atom. The maximum Gasteiger partial charge on any atom is 0.354 e. The molecule has 1 fully saturated rings. The van der Waals surface area contributed by atoms with Crippen LogP contribution in [0.15, 0.2) is 62.7 Å². The zero-order valence-electron chi connectivity index (χ0n) is 18.7. The highest BCUT2D eigenvalue weighted by atomic mass is 32.2. The van der Waals surface area contributed by atoms with Crippen molar-refractivity contribution >= 4 is 69.9 Å². The minimum absolute atomic E-state index is 0.251. The Morgan fingerprint density at radius 3 is 2.49 bits per heavy atom. The van der Waals surface area contributed by atoms with Crippen molar-refractivity contribution in [3.05, 3.63) is 76.1 Å². The van der Waals surface area contributed by atoms with Crippen LogP contribution in [0.1, 0.15) is 37.1 Å². The number of pyridine rings is 1. The third kappa shape index (κ3) is 6.64. The molecule has 0 aliphatic carbocycles. The Kier molecular flexibility index (Phi) is 8.06. The summed E-state index contributed by atoms with van der Waals surface area (Å²) in [4.78, 5) is 51.3. The van der Waals surface area contributed by atoms with E-state index in [0.29, 0.717) is 42.5 Å². The molecular formula is C24H17N3O7S3. The molecule has 188 valence electrons. The van der Waals surface area contributed by atoms with E-state index in [1.54, 1.807) is 42.5 Å². The maximum absolute atomic E-state index is 12.6. The van der Waals surface area contributed by atoms with Crippen LogP contribution in [0, 0.1) is 0 Å². The summed E-state index contributed by atoms with van der Waals surface area (Å²) in [5.41, 5.74) is 0.341. The molecule has 0 spiro atoms. The lowest BCUT2D eigenvalue weighted by Gasteiger charge is -2.07. The van der Waals surface area contributed by atoms with Crippen LogP contribution >= 0.6 is 35.7 Å². The zero-order chi connectivity index (χ0) is 26.5. The first-order chi connectivity index (χ1) is 17.7. The zero-order valence-corrected chi connectivity index (χ0v) is 21.2. The number of carbonyl (C=O) groups excluding carboxylic acids is 2. The summed E-state index contributed by atoms with van der Waals surface area (Å²) < 4.78 is 6.20. The van der Waals surface area contributed by atoms with E-state index in [2.05, 4.69) is 15.6 Å². The van der Waals surface area contributed by atoms with Crippen LogP contribution in [0.3, 0.4) is 0 Å². The molecule has 1 aliphatic heterocycles. The highest BCUT2D eigenvalue weighted by molar-refractivity contribution is 8.26. The average molecular weight is 556 g/mol. The van der Waals surface area contributed by atoms with Gasteiger partial charge in [-0.1, -0.05) is 36.1 Å². The molecule has 0 saturated carbocycles. The van der Waals surface area contributed by atoms with Gasteiger partial charge in [-0.2, -0.15) is 0 Å². The van der Waals surface area contributed by atoms with Crippen molar-refractivity contribution in [2.24, 2.45) is 0 Å². The predicted molar refractivity (Wildman–Crippen MR) is 142 cm³/mol. The number of hydrogen-bond acceptors (Lipinski definition) is 9. The fraction of sp³-hybridized carbons (Fsp3) is 0.0833. The molecule has 3 aromatic rings. The lowest BCUT2D eigenvalue weighted by atomic mass is 10.1. The molecule has 37 heavy (non-hydrogen) atoms. The number of furan rings is 1. The van der Waals surface area contributed by atoms with Gasteiger partial charge in [0.2, 0.25) is 0 Å². The van der Waals surface area contributed by atoms with Gasteiger partial charge in [-0.15, -0.1) is 11.8 Å². The summed E-state index contributed by atoms with van der Waals surface area (Å²) in [6.07, 6.45) is 1.60. The molecule has 4 N–H and O–H groups in total. The van der Waals surface area contributed by atoms with Crippen LogP contribution < -0.4 is 10.6 Å². The van der Waals surface area contributed by atoms with E-state index in [1.807, 2.05) is 0 Å². The SMILES string of the molecule is O=C1NC(=S)SC1=Cc1ccc(-c2cccc(C(=O)NCCSc3cc(C(=O)O)nc(C(=O)O)c3)c2)o1. The summed E-state index contributed by atoms with van der Waals surface area (Å²) in [7, 11) is 0. The molecule has 0 radical (unpaired) electrons. The van der Waals surface area contributed by atoms with Crippen LogP contribution in [0.2, 0.25) is 0 Å². The van der Waals surface area contributed by atoms with Crippen LogP contribution in [0.5, 0.6) is 0 Å². The molecule has 1 aliphatic rings. The van der Waals surface area contributed by atoms with E-state index in [9.17, 15) is 19.2 Å². The molecule has 13 heteroatoms. The fourth-order valence-corrected chi connectivity index (χ4v) is 5.05. The second-order valence-corrected chi connectivity index (χ2v) is 10.3. The summed E-state index contributed by atoms with van der Waals surface area (Å²) in [6.45, 7) is 0.251. The van der Waals surface area contributed by atoms with Gasteiger partial charge >= 0.3 is 11.9 Å². The van der Waals surface area contributed by atoms with Gasteiger partial charge < -0.3 is 25.3 Å². The summed E-state index contributed by atoms with van der Waals surface area (Å²) in [5.74, 6) is -1.90. The highest BCUT2D eigenvalue weighted by Crippen LogP contribution is 2.29.